The zero-order valence-electron chi connectivity index (χ0n) is 10.8. The van der Waals surface area contributed by atoms with Gasteiger partial charge < -0.3 is 22.9 Å². The Kier molecular flexibility index (Phi) is 42.1. The minimum atomic E-state index is 0. The Morgan fingerprint density at radius 1 is 0.529 bits per heavy atom. The Bertz CT molecular complexity index is 162. The van der Waals surface area contributed by atoms with Crippen molar-refractivity contribution in [1.82, 2.24) is 0 Å². The van der Waals surface area contributed by atoms with Crippen LogP contribution in [0.3, 0.4) is 0 Å². The van der Waals surface area contributed by atoms with Crippen LogP contribution in [0.1, 0.15) is 27.7 Å². The third-order valence-electron chi connectivity index (χ3n) is 0. The summed E-state index contributed by atoms with van der Waals surface area (Å²) < 4.78 is 0. The summed E-state index contributed by atoms with van der Waals surface area (Å²) in [4.78, 5) is 0. The van der Waals surface area contributed by atoms with Crippen molar-refractivity contribution >= 4 is 23.3 Å². The fourth-order valence-electron chi connectivity index (χ4n) is 0. The summed E-state index contributed by atoms with van der Waals surface area (Å²) in [6.07, 6.45) is 0. The number of hydrogen-bond donors (Lipinski definition) is 8. The van der Waals surface area contributed by atoms with Gasteiger partial charge in [0.1, 0.15) is 0 Å². The average molecular weight is 324 g/mol. The van der Waals surface area contributed by atoms with Crippen LogP contribution in [-0.4, -0.2) is 23.3 Å². The molecular formula is C8H24N8Zr. The predicted octanol–water partition coefficient (Wildman–Crippen LogP) is -0.233. The van der Waals surface area contributed by atoms with Crippen LogP contribution in [0, 0.1) is 21.6 Å². The van der Waals surface area contributed by atoms with Crippen molar-refractivity contribution in [1.29, 1.82) is 21.6 Å². The van der Waals surface area contributed by atoms with Crippen molar-refractivity contribution in [2.45, 2.75) is 27.7 Å². The standard InChI is InChI=1S/4C2H6N2.Zr/c4*1-2(3)4;/h4*1H3,(H3,3,4);. The Morgan fingerprint density at radius 2 is 0.529 bits per heavy atom. The van der Waals surface area contributed by atoms with Crippen LogP contribution >= 0.6 is 0 Å². The molecule has 9 heteroatoms. The minimum absolute atomic E-state index is 0. The second-order valence-corrected chi connectivity index (χ2v) is 2.73. The molecule has 0 unspecified atom stereocenters. The maximum absolute atomic E-state index is 6.28. The summed E-state index contributed by atoms with van der Waals surface area (Å²) in [5.74, 6) is 0.667. The summed E-state index contributed by atoms with van der Waals surface area (Å²) >= 11 is 0. The van der Waals surface area contributed by atoms with E-state index >= 15 is 0 Å². The van der Waals surface area contributed by atoms with Crippen LogP contribution in [0.2, 0.25) is 0 Å². The van der Waals surface area contributed by atoms with E-state index in [1.54, 1.807) is 0 Å². The van der Waals surface area contributed by atoms with Crippen molar-refractivity contribution in [2.75, 3.05) is 0 Å². The normalized spacial score (nSPS) is 5.88. The molecule has 0 saturated carbocycles. The van der Waals surface area contributed by atoms with Gasteiger partial charge >= 0.3 is 0 Å². The molecule has 0 rings (SSSR count). The van der Waals surface area contributed by atoms with Gasteiger partial charge in [-0.05, 0) is 27.7 Å². The topological polar surface area (TPSA) is 199 Å². The van der Waals surface area contributed by atoms with Crippen LogP contribution in [0.15, 0.2) is 0 Å². The van der Waals surface area contributed by atoms with Gasteiger partial charge in [-0.15, -0.1) is 0 Å². The molecule has 0 fully saturated rings. The predicted molar refractivity (Wildman–Crippen MR) is 70.4 cm³/mol. The number of nitrogens with one attached hydrogen (secondary N) is 4. The van der Waals surface area contributed by atoms with Gasteiger partial charge in [-0.2, -0.15) is 0 Å². The molecule has 8 nitrogen and oxygen atoms in total. The van der Waals surface area contributed by atoms with Gasteiger partial charge in [0, 0.05) is 26.2 Å². The summed E-state index contributed by atoms with van der Waals surface area (Å²) in [5.41, 5.74) is 18.8. The van der Waals surface area contributed by atoms with E-state index in [0.717, 1.165) is 0 Å². The molecule has 0 amide bonds. The van der Waals surface area contributed by atoms with E-state index in [4.69, 9.17) is 44.6 Å². The minimum Gasteiger partial charge on any atom is -0.388 e. The molecule has 0 aromatic carbocycles. The monoisotopic (exact) mass is 322 g/mol. The molecule has 17 heavy (non-hydrogen) atoms. The SMILES string of the molecule is CC(=N)N.CC(=N)N.CC(=N)N.CC(=N)N.[Zr]. The maximum atomic E-state index is 6.28. The molecule has 100 valence electrons. The quantitative estimate of drug-likeness (QED) is 0.225. The maximum Gasteiger partial charge on any atom is 0.0873 e. The van der Waals surface area contributed by atoms with Crippen LogP contribution < -0.4 is 22.9 Å². The first-order valence-corrected chi connectivity index (χ1v) is 4.15. The molecule has 0 bridgehead atoms. The molecule has 0 saturated heterocycles. The Hall–Kier alpha value is -1.24. The third kappa shape index (κ3) is 1570. The van der Waals surface area contributed by atoms with Crippen molar-refractivity contribution in [2.24, 2.45) is 22.9 Å². The molecule has 0 aromatic heterocycles. The molecule has 0 atom stereocenters. The number of amidine groups is 4. The van der Waals surface area contributed by atoms with Gasteiger partial charge in [0.05, 0.1) is 23.3 Å². The van der Waals surface area contributed by atoms with Gasteiger partial charge in [0.2, 0.25) is 0 Å². The van der Waals surface area contributed by atoms with Crippen LogP contribution in [0.4, 0.5) is 0 Å². The molecule has 0 aromatic rings. The van der Waals surface area contributed by atoms with Crippen molar-refractivity contribution in [3.8, 4) is 0 Å². The van der Waals surface area contributed by atoms with Crippen molar-refractivity contribution in [3.63, 3.8) is 0 Å². The fourth-order valence-corrected chi connectivity index (χ4v) is 0. The third-order valence-corrected chi connectivity index (χ3v) is 0. The van der Waals surface area contributed by atoms with Gasteiger partial charge in [-0.3, -0.25) is 21.6 Å². The molecule has 0 heterocycles. The van der Waals surface area contributed by atoms with Crippen LogP contribution in [0.5, 0.6) is 0 Å². The molecule has 12 N–H and O–H groups in total. The molecule has 0 aliphatic carbocycles. The Labute approximate surface area is 122 Å². The van der Waals surface area contributed by atoms with E-state index in [1.165, 1.54) is 27.7 Å². The molecule has 0 radical (unpaired) electrons. The van der Waals surface area contributed by atoms with E-state index < -0.39 is 0 Å². The Balaban J connectivity index is -0.0000000369. The van der Waals surface area contributed by atoms with Gasteiger partial charge in [0.25, 0.3) is 0 Å². The second kappa shape index (κ2) is 24.1. The van der Waals surface area contributed by atoms with Crippen molar-refractivity contribution in [3.05, 3.63) is 0 Å². The first-order chi connectivity index (χ1) is 6.93. The van der Waals surface area contributed by atoms with E-state index in [-0.39, 0.29) is 49.5 Å². The first-order valence-electron chi connectivity index (χ1n) is 4.15. The summed E-state index contributed by atoms with van der Waals surface area (Å²) in [7, 11) is 0. The summed E-state index contributed by atoms with van der Waals surface area (Å²) in [5, 5.41) is 25.1. The Morgan fingerprint density at radius 3 is 0.529 bits per heavy atom. The molecular weight excluding hydrogens is 299 g/mol. The van der Waals surface area contributed by atoms with E-state index in [1.807, 2.05) is 0 Å². The fraction of sp³-hybridized carbons (Fsp3) is 0.500. The van der Waals surface area contributed by atoms with Crippen LogP contribution in [0.25, 0.3) is 0 Å². The van der Waals surface area contributed by atoms with Gasteiger partial charge in [-0.25, -0.2) is 0 Å². The van der Waals surface area contributed by atoms with E-state index in [9.17, 15) is 0 Å². The van der Waals surface area contributed by atoms with Gasteiger partial charge in [-0.1, -0.05) is 0 Å². The van der Waals surface area contributed by atoms with Crippen molar-refractivity contribution < 1.29 is 26.2 Å². The first kappa shape index (κ1) is 29.7. The molecule has 0 aliphatic rings. The molecule has 0 aliphatic heterocycles. The zero-order valence-corrected chi connectivity index (χ0v) is 13.3. The largest absolute Gasteiger partial charge is 0.388 e. The smallest absolute Gasteiger partial charge is 0.0873 e. The summed E-state index contributed by atoms with van der Waals surface area (Å²) in [6, 6.07) is 0. The summed E-state index contributed by atoms with van der Waals surface area (Å²) in [6.45, 7) is 6.11. The number of rotatable bonds is 0. The molecule has 0 spiro atoms. The van der Waals surface area contributed by atoms with E-state index in [0.29, 0.717) is 0 Å². The second-order valence-electron chi connectivity index (χ2n) is 2.73. The van der Waals surface area contributed by atoms with E-state index in [2.05, 4.69) is 0 Å². The number of nitrogens with two attached hydrogens (primary N) is 4. The average Bonchev–Trinajstić information content (AvgIpc) is 1.76. The zero-order chi connectivity index (χ0) is 14.3. The van der Waals surface area contributed by atoms with Crippen LogP contribution in [-0.2, 0) is 26.2 Å². The number of hydrogen-bond acceptors (Lipinski definition) is 4. The van der Waals surface area contributed by atoms with Gasteiger partial charge in [0.15, 0.2) is 0 Å².